The molecule has 0 saturated heterocycles. The van der Waals surface area contributed by atoms with Gasteiger partial charge in [0.05, 0.1) is 0 Å². The van der Waals surface area contributed by atoms with Crippen molar-refractivity contribution in [3.05, 3.63) is 29.8 Å². The summed E-state index contributed by atoms with van der Waals surface area (Å²) in [4.78, 5) is 0. The van der Waals surface area contributed by atoms with E-state index in [1.165, 1.54) is 50.5 Å². The van der Waals surface area contributed by atoms with Gasteiger partial charge in [-0.05, 0) is 30.5 Å². The molecule has 0 aliphatic carbocycles. The van der Waals surface area contributed by atoms with Crippen LogP contribution in [-0.2, 0) is 11.0 Å². The Morgan fingerprint density at radius 1 is 0.950 bits per heavy atom. The highest BCUT2D eigenvalue weighted by Crippen LogP contribution is 2.57. The van der Waals surface area contributed by atoms with Gasteiger partial charge in [-0.1, -0.05) is 57.6 Å². The van der Waals surface area contributed by atoms with E-state index in [0.717, 1.165) is 6.42 Å². The Morgan fingerprint density at radius 2 is 1.50 bits per heavy atom. The minimum absolute atomic E-state index is 0.446. The molecular formula is C15H23Cl2O2P. The molecule has 0 spiro atoms. The lowest BCUT2D eigenvalue weighted by atomic mass is 10.0. The lowest BCUT2D eigenvalue weighted by Gasteiger charge is -2.07. The number of rotatable bonds is 10. The second-order valence-corrected chi connectivity index (χ2v) is 9.22. The Labute approximate surface area is 131 Å². The van der Waals surface area contributed by atoms with Crippen LogP contribution in [0.3, 0.4) is 0 Å². The predicted molar refractivity (Wildman–Crippen MR) is 88.1 cm³/mol. The summed E-state index contributed by atoms with van der Waals surface area (Å²) < 4.78 is 16.0. The SMILES string of the molecule is CCCCCCCCCc1ccc(OP(=O)(Cl)Cl)cc1. The van der Waals surface area contributed by atoms with Crippen molar-refractivity contribution in [2.24, 2.45) is 0 Å². The van der Waals surface area contributed by atoms with E-state index in [2.05, 4.69) is 6.92 Å². The molecule has 0 atom stereocenters. The van der Waals surface area contributed by atoms with Gasteiger partial charge >= 0.3 is 6.07 Å². The first-order valence-corrected chi connectivity index (χ1v) is 10.7. The third-order valence-electron chi connectivity index (χ3n) is 3.20. The first kappa shape index (κ1) is 17.9. The molecule has 0 aromatic heterocycles. The van der Waals surface area contributed by atoms with E-state index >= 15 is 0 Å². The summed E-state index contributed by atoms with van der Waals surface area (Å²) in [5, 5.41) is 0. The van der Waals surface area contributed by atoms with Gasteiger partial charge in [-0.15, -0.1) is 0 Å². The molecule has 0 aliphatic rings. The van der Waals surface area contributed by atoms with Gasteiger partial charge in [-0.3, -0.25) is 0 Å². The van der Waals surface area contributed by atoms with E-state index in [1.54, 1.807) is 12.1 Å². The summed E-state index contributed by atoms with van der Waals surface area (Å²) in [6.07, 6.45) is 6.73. The summed E-state index contributed by atoms with van der Waals surface area (Å²) in [6, 6.07) is 7.45. The van der Waals surface area contributed by atoms with Crippen LogP contribution in [0.5, 0.6) is 5.75 Å². The lowest BCUT2D eigenvalue weighted by molar-refractivity contribution is 0.513. The fourth-order valence-electron chi connectivity index (χ4n) is 2.13. The van der Waals surface area contributed by atoms with Crippen molar-refractivity contribution in [3.8, 4) is 5.75 Å². The molecule has 0 unspecified atom stereocenters. The molecule has 1 aromatic carbocycles. The molecule has 0 amide bonds. The van der Waals surface area contributed by atoms with Crippen LogP contribution in [0.4, 0.5) is 0 Å². The molecule has 0 fully saturated rings. The van der Waals surface area contributed by atoms with E-state index in [0.29, 0.717) is 5.75 Å². The van der Waals surface area contributed by atoms with Gasteiger partial charge in [0.15, 0.2) is 0 Å². The first-order chi connectivity index (χ1) is 9.51. The highest BCUT2D eigenvalue weighted by atomic mass is 35.9. The maximum Gasteiger partial charge on any atom is 0.428 e. The zero-order valence-corrected chi connectivity index (χ0v) is 14.4. The lowest BCUT2D eigenvalue weighted by Crippen LogP contribution is -1.87. The quantitative estimate of drug-likeness (QED) is 0.341. The molecule has 0 saturated carbocycles. The van der Waals surface area contributed by atoms with Crippen LogP contribution in [0.2, 0.25) is 0 Å². The highest BCUT2D eigenvalue weighted by Gasteiger charge is 2.15. The number of hydrogen-bond donors (Lipinski definition) is 0. The fraction of sp³-hybridized carbons (Fsp3) is 0.600. The summed E-state index contributed by atoms with van der Waals surface area (Å²) in [5.74, 6) is 0.446. The van der Waals surface area contributed by atoms with E-state index in [-0.39, 0.29) is 0 Å². The van der Waals surface area contributed by atoms with Crippen molar-refractivity contribution in [1.29, 1.82) is 0 Å². The van der Waals surface area contributed by atoms with Crippen LogP contribution in [0.15, 0.2) is 24.3 Å². The molecule has 20 heavy (non-hydrogen) atoms. The highest BCUT2D eigenvalue weighted by molar-refractivity contribution is 8.05. The third-order valence-corrected chi connectivity index (χ3v) is 4.04. The second kappa shape index (κ2) is 9.71. The Balaban J connectivity index is 2.20. The van der Waals surface area contributed by atoms with E-state index < -0.39 is 6.07 Å². The second-order valence-electron chi connectivity index (χ2n) is 5.02. The summed E-state index contributed by atoms with van der Waals surface area (Å²) in [6.45, 7) is 2.24. The minimum Gasteiger partial charge on any atom is -0.422 e. The molecule has 5 heteroatoms. The Morgan fingerprint density at radius 3 is 2.05 bits per heavy atom. The molecular weight excluding hydrogens is 314 g/mol. The molecule has 114 valence electrons. The van der Waals surface area contributed by atoms with Crippen molar-refractivity contribution in [2.45, 2.75) is 58.3 Å². The van der Waals surface area contributed by atoms with E-state index in [1.807, 2.05) is 12.1 Å². The monoisotopic (exact) mass is 336 g/mol. The van der Waals surface area contributed by atoms with Gasteiger partial charge in [0, 0.05) is 22.5 Å². The number of aryl methyl sites for hydroxylation is 1. The van der Waals surface area contributed by atoms with Crippen LogP contribution in [-0.4, -0.2) is 0 Å². The number of unbranched alkanes of at least 4 members (excludes halogenated alkanes) is 6. The summed E-state index contributed by atoms with van der Waals surface area (Å²) in [7, 11) is 0. The smallest absolute Gasteiger partial charge is 0.422 e. The standard InChI is InChI=1S/C15H23Cl2O2P/c1-2-3-4-5-6-7-8-9-14-10-12-15(13-11-14)19-20(16,17)18/h10-13H,2-9H2,1H3. The third kappa shape index (κ3) is 8.89. The maximum absolute atomic E-state index is 11.1. The van der Waals surface area contributed by atoms with Gasteiger partial charge in [-0.25, -0.2) is 4.57 Å². The number of hydrogen-bond acceptors (Lipinski definition) is 2. The molecule has 2 nitrogen and oxygen atoms in total. The van der Waals surface area contributed by atoms with Crippen molar-refractivity contribution in [1.82, 2.24) is 0 Å². The molecule has 0 radical (unpaired) electrons. The van der Waals surface area contributed by atoms with Crippen molar-refractivity contribution in [2.75, 3.05) is 0 Å². The normalized spacial score (nSPS) is 11.6. The van der Waals surface area contributed by atoms with Crippen LogP contribution >= 0.6 is 28.6 Å². The van der Waals surface area contributed by atoms with Gasteiger partial charge in [0.1, 0.15) is 5.75 Å². The Kier molecular flexibility index (Phi) is 8.68. The molecule has 0 aliphatic heterocycles. The largest absolute Gasteiger partial charge is 0.428 e. The van der Waals surface area contributed by atoms with Crippen LogP contribution in [0, 0.1) is 0 Å². The maximum atomic E-state index is 11.1. The van der Waals surface area contributed by atoms with Crippen molar-refractivity contribution >= 4 is 28.6 Å². The Hall–Kier alpha value is -0.170. The van der Waals surface area contributed by atoms with Gasteiger partial charge in [-0.2, -0.15) is 0 Å². The topological polar surface area (TPSA) is 26.3 Å². The fourth-order valence-corrected chi connectivity index (χ4v) is 2.97. The molecule has 0 heterocycles. The zero-order chi connectivity index (χ0) is 14.8. The van der Waals surface area contributed by atoms with Crippen LogP contribution in [0.1, 0.15) is 57.4 Å². The summed E-state index contributed by atoms with van der Waals surface area (Å²) in [5.41, 5.74) is 1.25. The Bertz CT molecular complexity index is 414. The minimum atomic E-state index is -3.50. The average molecular weight is 337 g/mol. The number of benzene rings is 1. The van der Waals surface area contributed by atoms with Crippen LogP contribution in [0.25, 0.3) is 0 Å². The van der Waals surface area contributed by atoms with Crippen molar-refractivity contribution in [3.63, 3.8) is 0 Å². The first-order valence-electron chi connectivity index (χ1n) is 7.29. The molecule has 1 rings (SSSR count). The molecule has 0 bridgehead atoms. The van der Waals surface area contributed by atoms with Gasteiger partial charge < -0.3 is 4.52 Å². The molecule has 1 aromatic rings. The van der Waals surface area contributed by atoms with Crippen LogP contribution < -0.4 is 4.52 Å². The van der Waals surface area contributed by atoms with E-state index in [9.17, 15) is 4.57 Å². The predicted octanol–water partition coefficient (Wildman–Crippen LogP) is 6.94. The van der Waals surface area contributed by atoms with E-state index in [4.69, 9.17) is 27.0 Å². The number of halogens is 2. The van der Waals surface area contributed by atoms with Gasteiger partial charge in [0.25, 0.3) is 0 Å². The zero-order valence-electron chi connectivity index (χ0n) is 12.0. The van der Waals surface area contributed by atoms with Gasteiger partial charge in [0.2, 0.25) is 0 Å². The van der Waals surface area contributed by atoms with Crippen molar-refractivity contribution < 1.29 is 9.09 Å². The molecule has 0 N–H and O–H groups in total. The summed E-state index contributed by atoms with van der Waals surface area (Å²) >= 11 is 10.7. The average Bonchev–Trinajstić information content (AvgIpc) is 2.38.